The first-order valence-corrected chi connectivity index (χ1v) is 12.6. The Hall–Kier alpha value is -3.91. The lowest BCUT2D eigenvalue weighted by atomic mass is 9.99. The lowest BCUT2D eigenvalue weighted by Gasteiger charge is -2.32. The number of amides is 2. The van der Waals surface area contributed by atoms with Gasteiger partial charge in [0.25, 0.3) is 0 Å². The molecule has 8 heteroatoms. The number of benzene rings is 2. The Morgan fingerprint density at radius 1 is 1.14 bits per heavy atom. The van der Waals surface area contributed by atoms with E-state index in [1.54, 1.807) is 62.1 Å². The van der Waals surface area contributed by atoms with Crippen molar-refractivity contribution in [3.8, 4) is 23.3 Å². The zero-order chi connectivity index (χ0) is 26.7. The van der Waals surface area contributed by atoms with Crippen molar-refractivity contribution in [3.63, 3.8) is 0 Å². The van der Waals surface area contributed by atoms with Gasteiger partial charge in [0.15, 0.2) is 0 Å². The monoisotopic (exact) mass is 502 g/mol. The molecular weight excluding hydrogens is 471 g/mol. The van der Waals surface area contributed by atoms with Crippen molar-refractivity contribution in [1.82, 2.24) is 10.2 Å². The zero-order valence-corrected chi connectivity index (χ0v) is 21.3. The van der Waals surface area contributed by atoms with Gasteiger partial charge in [-0.05, 0) is 80.8 Å². The fourth-order valence-corrected chi connectivity index (χ4v) is 5.35. The molecule has 2 amide bonds. The van der Waals surface area contributed by atoms with Crippen molar-refractivity contribution in [2.24, 2.45) is 5.92 Å². The van der Waals surface area contributed by atoms with Crippen molar-refractivity contribution >= 4 is 12.0 Å². The van der Waals surface area contributed by atoms with Crippen LogP contribution >= 0.6 is 0 Å². The van der Waals surface area contributed by atoms with Gasteiger partial charge in [-0.1, -0.05) is 30.7 Å². The SMILES string of the molecule is CC(C)(C)OC(=O)N1[C@H](C(=O)N[C@H](C#N)Cc2ccc(-c3ccc(C#N)cc3)cc2F)C[C@@H]2CCC[C@@H]21. The van der Waals surface area contributed by atoms with Crippen LogP contribution in [-0.4, -0.2) is 40.6 Å². The first kappa shape index (κ1) is 26.2. The van der Waals surface area contributed by atoms with Crippen LogP contribution in [0.15, 0.2) is 42.5 Å². The predicted molar refractivity (Wildman–Crippen MR) is 135 cm³/mol. The fraction of sp³-hybridized carbons (Fsp3) is 0.448. The maximum atomic E-state index is 15.0. The third-order valence-electron chi connectivity index (χ3n) is 7.04. The summed E-state index contributed by atoms with van der Waals surface area (Å²) in [6, 6.07) is 14.0. The highest BCUT2D eigenvalue weighted by Crippen LogP contribution is 2.42. The minimum atomic E-state index is -0.955. The Balaban J connectivity index is 1.45. The van der Waals surface area contributed by atoms with E-state index < -0.39 is 35.5 Å². The summed E-state index contributed by atoms with van der Waals surface area (Å²) in [5.41, 5.74) is 1.55. The molecule has 2 aliphatic rings. The van der Waals surface area contributed by atoms with Crippen LogP contribution in [0.25, 0.3) is 11.1 Å². The number of nitriles is 2. The summed E-state index contributed by atoms with van der Waals surface area (Å²) in [7, 11) is 0. The molecule has 0 unspecified atom stereocenters. The third-order valence-corrected chi connectivity index (χ3v) is 7.04. The quantitative estimate of drug-likeness (QED) is 0.613. The minimum Gasteiger partial charge on any atom is -0.444 e. The van der Waals surface area contributed by atoms with Gasteiger partial charge in [0, 0.05) is 12.5 Å². The molecule has 1 aliphatic carbocycles. The molecule has 0 radical (unpaired) electrons. The maximum Gasteiger partial charge on any atom is 0.411 e. The van der Waals surface area contributed by atoms with Crippen LogP contribution in [0.3, 0.4) is 0 Å². The Labute approximate surface area is 216 Å². The number of carbonyl (C=O) groups is 2. The van der Waals surface area contributed by atoms with Gasteiger partial charge in [-0.2, -0.15) is 10.5 Å². The molecule has 1 heterocycles. The average Bonchev–Trinajstić information content (AvgIpc) is 3.45. The molecule has 0 spiro atoms. The van der Waals surface area contributed by atoms with Crippen LogP contribution in [0.5, 0.6) is 0 Å². The Bertz CT molecular complexity index is 1260. The molecule has 192 valence electrons. The standard InChI is InChI=1S/C29H31FN4O3/c1-29(2,3)37-28(36)34-25-6-4-5-22(25)15-26(34)27(35)33-23(17-32)13-21-12-11-20(14-24(21)30)19-9-7-18(16-31)8-10-19/h7-12,14,22-23,25-26H,4-6,13,15H2,1-3H3,(H,33,35)/t22-,23-,25-,26-/m0/s1. The van der Waals surface area contributed by atoms with Gasteiger partial charge < -0.3 is 10.1 Å². The second-order valence-corrected chi connectivity index (χ2v) is 10.8. The van der Waals surface area contributed by atoms with Crippen LogP contribution in [0.4, 0.5) is 9.18 Å². The number of rotatable bonds is 5. The van der Waals surface area contributed by atoms with Crippen molar-refractivity contribution in [2.75, 3.05) is 0 Å². The number of fused-ring (bicyclic) bond motifs is 1. The van der Waals surface area contributed by atoms with Gasteiger partial charge >= 0.3 is 6.09 Å². The first-order valence-electron chi connectivity index (χ1n) is 12.6. The van der Waals surface area contributed by atoms with Crippen molar-refractivity contribution in [1.29, 1.82) is 10.5 Å². The molecule has 37 heavy (non-hydrogen) atoms. The highest BCUT2D eigenvalue weighted by Gasteiger charge is 2.50. The lowest BCUT2D eigenvalue weighted by Crippen LogP contribution is -2.52. The van der Waals surface area contributed by atoms with E-state index in [0.29, 0.717) is 23.1 Å². The molecule has 0 aromatic heterocycles. The molecule has 4 rings (SSSR count). The summed E-state index contributed by atoms with van der Waals surface area (Å²) in [4.78, 5) is 27.8. The van der Waals surface area contributed by atoms with Crippen molar-refractivity contribution in [2.45, 2.75) is 76.6 Å². The van der Waals surface area contributed by atoms with Gasteiger partial charge in [-0.3, -0.25) is 9.69 Å². The van der Waals surface area contributed by atoms with E-state index in [9.17, 15) is 19.2 Å². The van der Waals surface area contributed by atoms with Gasteiger partial charge in [-0.15, -0.1) is 0 Å². The fourth-order valence-electron chi connectivity index (χ4n) is 5.35. The number of nitrogens with zero attached hydrogens (tertiary/aromatic N) is 3. The van der Waals surface area contributed by atoms with E-state index in [1.165, 1.54) is 6.07 Å². The van der Waals surface area contributed by atoms with Crippen molar-refractivity contribution in [3.05, 3.63) is 59.4 Å². The van der Waals surface area contributed by atoms with Gasteiger partial charge in [0.1, 0.15) is 23.5 Å². The molecular formula is C29H31FN4O3. The van der Waals surface area contributed by atoms with Crippen molar-refractivity contribution < 1.29 is 18.7 Å². The molecule has 4 atom stereocenters. The maximum absolute atomic E-state index is 15.0. The summed E-state index contributed by atoms with van der Waals surface area (Å²) >= 11 is 0. The average molecular weight is 503 g/mol. The normalized spacial score (nSPS) is 21.5. The van der Waals surface area contributed by atoms with Gasteiger partial charge in [-0.25, -0.2) is 9.18 Å². The van der Waals surface area contributed by atoms with Crippen LogP contribution in [0.2, 0.25) is 0 Å². The van der Waals surface area contributed by atoms with Crippen LogP contribution in [0, 0.1) is 34.4 Å². The number of hydrogen-bond donors (Lipinski definition) is 1. The minimum absolute atomic E-state index is 0.00621. The van der Waals surface area contributed by atoms with E-state index in [0.717, 1.165) is 24.8 Å². The van der Waals surface area contributed by atoms with E-state index in [-0.39, 0.29) is 18.4 Å². The topological polar surface area (TPSA) is 106 Å². The van der Waals surface area contributed by atoms with E-state index in [2.05, 4.69) is 17.5 Å². The third kappa shape index (κ3) is 5.91. The van der Waals surface area contributed by atoms with E-state index in [1.807, 2.05) is 0 Å². The second kappa shape index (κ2) is 10.6. The molecule has 1 saturated carbocycles. The summed E-state index contributed by atoms with van der Waals surface area (Å²) in [6.45, 7) is 5.36. The van der Waals surface area contributed by atoms with Crippen LogP contribution in [0.1, 0.15) is 57.6 Å². The van der Waals surface area contributed by atoms with Crippen LogP contribution < -0.4 is 5.32 Å². The molecule has 0 bridgehead atoms. The molecule has 7 nitrogen and oxygen atoms in total. The molecule has 2 aromatic carbocycles. The Morgan fingerprint density at radius 2 is 1.84 bits per heavy atom. The highest BCUT2D eigenvalue weighted by molar-refractivity contribution is 5.87. The Morgan fingerprint density at radius 3 is 2.46 bits per heavy atom. The number of halogens is 1. The zero-order valence-electron chi connectivity index (χ0n) is 21.3. The summed E-state index contributed by atoms with van der Waals surface area (Å²) in [6.07, 6.45) is 2.79. The molecule has 2 fully saturated rings. The van der Waals surface area contributed by atoms with Crippen LogP contribution in [-0.2, 0) is 16.0 Å². The lowest BCUT2D eigenvalue weighted by molar-refractivity contribution is -0.126. The Kier molecular flexibility index (Phi) is 7.50. The summed E-state index contributed by atoms with van der Waals surface area (Å²) in [5.74, 6) is -0.667. The smallest absolute Gasteiger partial charge is 0.411 e. The molecule has 1 saturated heterocycles. The molecule has 1 N–H and O–H groups in total. The number of ether oxygens (including phenoxy) is 1. The number of carbonyl (C=O) groups excluding carboxylic acids is 2. The number of nitrogens with one attached hydrogen (secondary N) is 1. The molecule has 2 aromatic rings. The van der Waals surface area contributed by atoms with E-state index in [4.69, 9.17) is 10.00 Å². The predicted octanol–water partition coefficient (Wildman–Crippen LogP) is 5.09. The number of likely N-dealkylation sites (tertiary alicyclic amines) is 1. The summed E-state index contributed by atoms with van der Waals surface area (Å²) < 4.78 is 20.5. The van der Waals surface area contributed by atoms with E-state index >= 15 is 0 Å². The summed E-state index contributed by atoms with van der Waals surface area (Å²) in [5, 5.41) is 21.4. The molecule has 1 aliphatic heterocycles. The first-order chi connectivity index (χ1) is 17.6. The number of hydrogen-bond acceptors (Lipinski definition) is 5. The van der Waals surface area contributed by atoms with Gasteiger partial charge in [0.2, 0.25) is 5.91 Å². The van der Waals surface area contributed by atoms with Gasteiger partial charge in [0.05, 0.1) is 17.7 Å². The largest absolute Gasteiger partial charge is 0.444 e. The second-order valence-electron chi connectivity index (χ2n) is 10.8. The highest BCUT2D eigenvalue weighted by atomic mass is 19.1.